The van der Waals surface area contributed by atoms with Gasteiger partial charge in [0.25, 0.3) is 0 Å². The van der Waals surface area contributed by atoms with Crippen LogP contribution >= 0.6 is 0 Å². The van der Waals surface area contributed by atoms with E-state index in [0.717, 1.165) is 31.6 Å². The fraction of sp³-hybridized carbons (Fsp3) is 0.714. The van der Waals surface area contributed by atoms with E-state index in [4.69, 9.17) is 0 Å². The summed E-state index contributed by atoms with van der Waals surface area (Å²) in [4.78, 5) is 16.5. The van der Waals surface area contributed by atoms with Gasteiger partial charge in [-0.1, -0.05) is 0 Å². The second-order valence-corrected chi connectivity index (χ2v) is 5.84. The van der Waals surface area contributed by atoms with Crippen molar-refractivity contribution in [2.75, 3.05) is 26.7 Å². The highest BCUT2D eigenvalue weighted by Crippen LogP contribution is 2.27. The number of piperidine rings is 1. The number of hydrogen-bond donors (Lipinski definition) is 1. The van der Waals surface area contributed by atoms with E-state index in [-0.39, 0.29) is 5.91 Å². The fourth-order valence-electron chi connectivity index (χ4n) is 2.91. The molecule has 2 aliphatic rings. The Bertz CT molecular complexity index is 427. The van der Waals surface area contributed by atoms with Crippen LogP contribution in [-0.2, 0) is 4.79 Å². The second kappa shape index (κ2) is 5.33. The molecule has 1 atom stereocenters. The molecular formula is C14H22N4O. The normalized spacial score (nSPS) is 23.9. The lowest BCUT2D eigenvalue weighted by Gasteiger charge is -2.33. The van der Waals surface area contributed by atoms with Crippen LogP contribution in [-0.4, -0.2) is 58.6 Å². The molecule has 2 fully saturated rings. The van der Waals surface area contributed by atoms with Crippen molar-refractivity contribution in [1.82, 2.24) is 20.0 Å². The standard InChI is InChI=1S/C14H22N4O/c1-17(12-4-5-12)10-14(19)18-8-2-3-11(9-18)13-6-7-15-16-13/h6-7,11-12H,2-5,8-10H2,1H3,(H,15,16). The van der Waals surface area contributed by atoms with Crippen molar-refractivity contribution >= 4 is 5.91 Å². The minimum atomic E-state index is 0.276. The van der Waals surface area contributed by atoms with Crippen LogP contribution in [0.3, 0.4) is 0 Å². The average Bonchev–Trinajstić information content (AvgIpc) is 3.14. The summed E-state index contributed by atoms with van der Waals surface area (Å²) in [5.74, 6) is 0.699. The summed E-state index contributed by atoms with van der Waals surface area (Å²) in [5, 5.41) is 7.05. The molecule has 1 amide bonds. The van der Waals surface area contributed by atoms with Crippen LogP contribution in [0.5, 0.6) is 0 Å². The van der Waals surface area contributed by atoms with Gasteiger partial charge in [0.05, 0.1) is 6.54 Å². The quantitative estimate of drug-likeness (QED) is 0.887. The Morgan fingerprint density at radius 1 is 1.53 bits per heavy atom. The summed E-state index contributed by atoms with van der Waals surface area (Å²) in [5.41, 5.74) is 1.16. The third kappa shape index (κ3) is 2.97. The van der Waals surface area contributed by atoms with E-state index in [1.165, 1.54) is 12.8 Å². The molecule has 3 rings (SSSR count). The van der Waals surface area contributed by atoms with Crippen molar-refractivity contribution in [2.24, 2.45) is 0 Å². The monoisotopic (exact) mass is 262 g/mol. The molecule has 1 aliphatic carbocycles. The number of aromatic amines is 1. The summed E-state index contributed by atoms with van der Waals surface area (Å²) in [6.45, 7) is 2.31. The highest BCUT2D eigenvalue weighted by Gasteiger charge is 2.30. The molecule has 1 unspecified atom stereocenters. The van der Waals surface area contributed by atoms with Gasteiger partial charge in [0.15, 0.2) is 0 Å². The predicted molar refractivity (Wildman–Crippen MR) is 72.8 cm³/mol. The molecule has 19 heavy (non-hydrogen) atoms. The first-order valence-corrected chi connectivity index (χ1v) is 7.21. The zero-order valence-corrected chi connectivity index (χ0v) is 11.5. The number of hydrogen-bond acceptors (Lipinski definition) is 3. The van der Waals surface area contributed by atoms with E-state index in [0.29, 0.717) is 18.5 Å². The number of likely N-dealkylation sites (N-methyl/N-ethyl adjacent to an activating group) is 1. The van der Waals surface area contributed by atoms with Gasteiger partial charge >= 0.3 is 0 Å². The Morgan fingerprint density at radius 2 is 2.37 bits per heavy atom. The molecule has 5 heteroatoms. The highest BCUT2D eigenvalue weighted by molar-refractivity contribution is 5.78. The molecule has 1 saturated carbocycles. The van der Waals surface area contributed by atoms with Gasteiger partial charge in [-0.25, -0.2) is 0 Å². The molecule has 1 aliphatic heterocycles. The van der Waals surface area contributed by atoms with Crippen molar-refractivity contribution in [3.05, 3.63) is 18.0 Å². The average molecular weight is 262 g/mol. The molecule has 0 radical (unpaired) electrons. The number of nitrogens with zero attached hydrogens (tertiary/aromatic N) is 3. The van der Waals surface area contributed by atoms with Gasteiger partial charge < -0.3 is 4.90 Å². The Morgan fingerprint density at radius 3 is 3.05 bits per heavy atom. The van der Waals surface area contributed by atoms with Crippen molar-refractivity contribution in [3.63, 3.8) is 0 Å². The minimum absolute atomic E-state index is 0.276. The van der Waals surface area contributed by atoms with Crippen LogP contribution in [0.1, 0.15) is 37.3 Å². The van der Waals surface area contributed by atoms with Gasteiger partial charge in [0, 0.05) is 36.9 Å². The summed E-state index contributed by atoms with van der Waals surface area (Å²) >= 11 is 0. The van der Waals surface area contributed by atoms with E-state index in [9.17, 15) is 4.79 Å². The predicted octanol–water partition coefficient (Wildman–Crippen LogP) is 1.21. The van der Waals surface area contributed by atoms with E-state index in [2.05, 4.69) is 22.1 Å². The van der Waals surface area contributed by atoms with Gasteiger partial charge in [-0.2, -0.15) is 5.10 Å². The van der Waals surface area contributed by atoms with Crippen LogP contribution in [0, 0.1) is 0 Å². The number of amides is 1. The van der Waals surface area contributed by atoms with Gasteiger partial charge in [-0.3, -0.25) is 14.8 Å². The molecule has 5 nitrogen and oxygen atoms in total. The maximum atomic E-state index is 12.3. The number of rotatable bonds is 4. The lowest BCUT2D eigenvalue weighted by molar-refractivity contribution is -0.133. The van der Waals surface area contributed by atoms with Gasteiger partial charge in [0.2, 0.25) is 5.91 Å². The van der Waals surface area contributed by atoms with E-state index in [1.807, 2.05) is 11.0 Å². The Kier molecular flexibility index (Phi) is 3.55. The second-order valence-electron chi connectivity index (χ2n) is 5.84. The number of H-pyrrole nitrogens is 1. The van der Waals surface area contributed by atoms with Gasteiger partial charge in [-0.05, 0) is 38.8 Å². The molecule has 0 bridgehead atoms. The SMILES string of the molecule is CN(CC(=O)N1CCCC(c2ccn[nH]2)C1)C1CC1. The lowest BCUT2D eigenvalue weighted by Crippen LogP contribution is -2.44. The topological polar surface area (TPSA) is 52.2 Å². The first-order chi connectivity index (χ1) is 9.24. The summed E-state index contributed by atoms with van der Waals surface area (Å²) in [6, 6.07) is 2.67. The van der Waals surface area contributed by atoms with E-state index in [1.54, 1.807) is 6.20 Å². The molecule has 1 aromatic heterocycles. The summed E-state index contributed by atoms with van der Waals surface area (Å²) in [7, 11) is 2.06. The lowest BCUT2D eigenvalue weighted by atomic mass is 9.95. The zero-order valence-electron chi connectivity index (χ0n) is 11.5. The molecule has 1 saturated heterocycles. The molecule has 0 aromatic carbocycles. The first kappa shape index (κ1) is 12.7. The number of nitrogens with one attached hydrogen (secondary N) is 1. The van der Waals surface area contributed by atoms with Gasteiger partial charge in [0.1, 0.15) is 0 Å². The maximum absolute atomic E-state index is 12.3. The minimum Gasteiger partial charge on any atom is -0.341 e. The molecule has 104 valence electrons. The number of aromatic nitrogens is 2. The molecule has 1 N–H and O–H groups in total. The highest BCUT2D eigenvalue weighted by atomic mass is 16.2. The third-order valence-electron chi connectivity index (χ3n) is 4.29. The maximum Gasteiger partial charge on any atom is 0.236 e. The van der Waals surface area contributed by atoms with Crippen molar-refractivity contribution in [3.8, 4) is 0 Å². The Labute approximate surface area is 114 Å². The van der Waals surface area contributed by atoms with E-state index < -0.39 is 0 Å². The van der Waals surface area contributed by atoms with Gasteiger partial charge in [-0.15, -0.1) is 0 Å². The van der Waals surface area contributed by atoms with Crippen LogP contribution in [0.25, 0.3) is 0 Å². The Hall–Kier alpha value is -1.36. The van der Waals surface area contributed by atoms with Crippen molar-refractivity contribution < 1.29 is 4.79 Å². The smallest absolute Gasteiger partial charge is 0.236 e. The molecule has 1 aromatic rings. The summed E-state index contributed by atoms with van der Waals surface area (Å²) in [6.07, 6.45) is 6.52. The first-order valence-electron chi connectivity index (χ1n) is 7.21. The number of carbonyl (C=O) groups excluding carboxylic acids is 1. The third-order valence-corrected chi connectivity index (χ3v) is 4.29. The zero-order chi connectivity index (χ0) is 13.2. The number of carbonyl (C=O) groups is 1. The largest absolute Gasteiger partial charge is 0.341 e. The van der Waals surface area contributed by atoms with Crippen LogP contribution in [0.2, 0.25) is 0 Å². The molecule has 0 spiro atoms. The van der Waals surface area contributed by atoms with Crippen LogP contribution in [0.4, 0.5) is 0 Å². The Balaban J connectivity index is 1.56. The molecular weight excluding hydrogens is 240 g/mol. The fourth-order valence-corrected chi connectivity index (χ4v) is 2.91. The van der Waals surface area contributed by atoms with Crippen LogP contribution in [0.15, 0.2) is 12.3 Å². The molecule has 2 heterocycles. The number of likely N-dealkylation sites (tertiary alicyclic amines) is 1. The summed E-state index contributed by atoms with van der Waals surface area (Å²) < 4.78 is 0. The van der Waals surface area contributed by atoms with Crippen LogP contribution < -0.4 is 0 Å². The van der Waals surface area contributed by atoms with Crippen molar-refractivity contribution in [1.29, 1.82) is 0 Å². The van der Waals surface area contributed by atoms with E-state index >= 15 is 0 Å². The van der Waals surface area contributed by atoms with Crippen molar-refractivity contribution in [2.45, 2.75) is 37.6 Å².